The summed E-state index contributed by atoms with van der Waals surface area (Å²) in [7, 11) is 7.17. The summed E-state index contributed by atoms with van der Waals surface area (Å²) in [5.74, 6) is 0. The lowest BCUT2D eigenvalue weighted by Crippen LogP contribution is -2.42. The Balaban J connectivity index is 5.39. The maximum absolute atomic E-state index is 6.05. The van der Waals surface area contributed by atoms with Crippen LogP contribution in [0, 0.1) is 5.41 Å². The van der Waals surface area contributed by atoms with Crippen LogP contribution in [0.2, 0.25) is 19.1 Å². The molecule has 4 nitrogen and oxygen atoms in total. The van der Waals surface area contributed by atoms with Crippen molar-refractivity contribution in [3.8, 4) is 0 Å². The van der Waals surface area contributed by atoms with E-state index in [4.69, 9.17) is 4.43 Å². The van der Waals surface area contributed by atoms with Gasteiger partial charge >= 0.3 is 0 Å². The highest BCUT2D eigenvalue weighted by Gasteiger charge is 2.38. The molecule has 0 spiro atoms. The molecule has 0 aliphatic heterocycles. The molecule has 0 atom stereocenters. The highest BCUT2D eigenvalue weighted by molar-refractivity contribution is 6.71. The molecule has 0 aromatic rings. The van der Waals surface area contributed by atoms with Crippen LogP contribution in [0.3, 0.4) is 0 Å². The van der Waals surface area contributed by atoms with E-state index in [-0.39, 0.29) is 0 Å². The van der Waals surface area contributed by atoms with E-state index >= 15 is 0 Å². The summed E-state index contributed by atoms with van der Waals surface area (Å²) in [6.07, 6.45) is 7.59. The number of hydrogen-bond donors (Lipinski definition) is 0. The first-order valence-electron chi connectivity index (χ1n) is 11.7. The van der Waals surface area contributed by atoms with Gasteiger partial charge in [-0.25, -0.2) is 0 Å². The van der Waals surface area contributed by atoms with Crippen molar-refractivity contribution in [1.82, 2.24) is 14.7 Å². The largest absolute Gasteiger partial charge is 0.420 e. The summed E-state index contributed by atoms with van der Waals surface area (Å²) >= 11 is 0. The first-order chi connectivity index (χ1) is 13.1. The average molecular weight is 416 g/mol. The van der Waals surface area contributed by atoms with Gasteiger partial charge in [0.2, 0.25) is 0 Å². The molecule has 0 aromatic heterocycles. The van der Waals surface area contributed by atoms with Crippen molar-refractivity contribution in [2.24, 2.45) is 5.41 Å². The van der Waals surface area contributed by atoms with Crippen molar-refractivity contribution >= 4 is 8.32 Å². The van der Waals surface area contributed by atoms with Crippen molar-refractivity contribution in [3.63, 3.8) is 0 Å². The van der Waals surface area contributed by atoms with E-state index in [2.05, 4.69) is 69.7 Å². The molecule has 0 bridgehead atoms. The van der Waals surface area contributed by atoms with Gasteiger partial charge in [0.05, 0.1) is 0 Å². The molecule has 0 aromatic carbocycles. The SMILES string of the molecule is CCCN(C)CCC(CCN(C)CCC)(CCN(C)CCC)C[Si](C)(C)OC. The highest BCUT2D eigenvalue weighted by atomic mass is 28.4. The fraction of sp³-hybridized carbons (Fsp3) is 1.00. The molecule has 28 heavy (non-hydrogen) atoms. The van der Waals surface area contributed by atoms with E-state index in [0.717, 1.165) is 0 Å². The summed E-state index contributed by atoms with van der Waals surface area (Å²) < 4.78 is 6.05. The van der Waals surface area contributed by atoms with Gasteiger partial charge in [0.1, 0.15) is 0 Å². The van der Waals surface area contributed by atoms with Crippen molar-refractivity contribution in [3.05, 3.63) is 0 Å². The molecule has 0 rings (SSSR count). The zero-order chi connectivity index (χ0) is 21.6. The standard InChI is InChI=1S/C23H53N3OSi/c1-10-16-24(4)19-13-23(22-28(8,9)27-7,14-20-25(5)17-11-2)15-21-26(6)18-12-3/h10-22H2,1-9H3. The predicted octanol–water partition coefficient (Wildman–Crippen LogP) is 5.02. The molecular formula is C23H53N3OSi. The van der Waals surface area contributed by atoms with Crippen molar-refractivity contribution < 1.29 is 4.43 Å². The van der Waals surface area contributed by atoms with Gasteiger partial charge in [-0.1, -0.05) is 20.8 Å². The van der Waals surface area contributed by atoms with Crippen LogP contribution in [0.1, 0.15) is 59.3 Å². The van der Waals surface area contributed by atoms with Gasteiger partial charge in [-0.05, 0) is 123 Å². The normalized spacial score (nSPS) is 13.3. The highest BCUT2D eigenvalue weighted by Crippen LogP contribution is 2.40. The second kappa shape index (κ2) is 14.9. The van der Waals surface area contributed by atoms with Crippen LogP contribution in [0.25, 0.3) is 0 Å². The summed E-state index contributed by atoms with van der Waals surface area (Å²) in [4.78, 5) is 7.59. The van der Waals surface area contributed by atoms with Crippen molar-refractivity contribution in [2.45, 2.75) is 78.4 Å². The minimum absolute atomic E-state index is 0.387. The predicted molar refractivity (Wildman–Crippen MR) is 129 cm³/mol. The van der Waals surface area contributed by atoms with Gasteiger partial charge in [0.25, 0.3) is 0 Å². The van der Waals surface area contributed by atoms with Crippen LogP contribution in [0.4, 0.5) is 0 Å². The minimum Gasteiger partial charge on any atom is -0.420 e. The Kier molecular flexibility index (Phi) is 15.0. The van der Waals surface area contributed by atoms with E-state index < -0.39 is 8.32 Å². The molecule has 0 saturated heterocycles. The Morgan fingerprint density at radius 1 is 0.643 bits per heavy atom. The van der Waals surface area contributed by atoms with Crippen LogP contribution in [-0.2, 0) is 4.43 Å². The zero-order valence-corrected chi connectivity index (χ0v) is 21.9. The first kappa shape index (κ1) is 28.1. The molecular weight excluding hydrogens is 362 g/mol. The van der Waals surface area contributed by atoms with Gasteiger partial charge in [-0.15, -0.1) is 0 Å². The lowest BCUT2D eigenvalue weighted by molar-refractivity contribution is 0.150. The van der Waals surface area contributed by atoms with Gasteiger partial charge in [-0.2, -0.15) is 0 Å². The Hall–Kier alpha value is 0.0569. The smallest absolute Gasteiger partial charge is 0.186 e. The lowest BCUT2D eigenvalue weighted by Gasteiger charge is -2.41. The maximum atomic E-state index is 6.05. The molecule has 0 heterocycles. The third-order valence-electron chi connectivity index (χ3n) is 6.24. The van der Waals surface area contributed by atoms with Crippen LogP contribution in [0.5, 0.6) is 0 Å². The number of hydrogen-bond acceptors (Lipinski definition) is 4. The fourth-order valence-corrected chi connectivity index (χ4v) is 6.86. The Morgan fingerprint density at radius 2 is 0.964 bits per heavy atom. The van der Waals surface area contributed by atoms with Crippen molar-refractivity contribution in [2.75, 3.05) is 67.5 Å². The van der Waals surface area contributed by atoms with Gasteiger partial charge in [0.15, 0.2) is 8.32 Å². The topological polar surface area (TPSA) is 19.0 Å². The molecule has 0 N–H and O–H groups in total. The monoisotopic (exact) mass is 415 g/mol. The van der Waals surface area contributed by atoms with Crippen LogP contribution >= 0.6 is 0 Å². The van der Waals surface area contributed by atoms with Gasteiger partial charge < -0.3 is 19.1 Å². The molecule has 0 radical (unpaired) electrons. The van der Waals surface area contributed by atoms with Gasteiger partial charge in [-0.3, -0.25) is 0 Å². The molecule has 0 aliphatic carbocycles. The Morgan fingerprint density at radius 3 is 1.21 bits per heavy atom. The molecule has 0 amide bonds. The maximum Gasteiger partial charge on any atom is 0.186 e. The zero-order valence-electron chi connectivity index (χ0n) is 20.9. The molecule has 5 heteroatoms. The first-order valence-corrected chi connectivity index (χ1v) is 14.9. The van der Waals surface area contributed by atoms with E-state index in [1.807, 2.05) is 7.11 Å². The molecule has 170 valence electrons. The summed E-state index contributed by atoms with van der Waals surface area (Å²) in [5, 5.41) is 0. The minimum atomic E-state index is -1.64. The van der Waals surface area contributed by atoms with E-state index in [1.54, 1.807) is 0 Å². The lowest BCUT2D eigenvalue weighted by atomic mass is 9.79. The third kappa shape index (κ3) is 12.6. The molecule has 0 unspecified atom stereocenters. The van der Waals surface area contributed by atoms with E-state index in [9.17, 15) is 0 Å². The second-order valence-electron chi connectivity index (χ2n) is 9.80. The summed E-state index contributed by atoms with van der Waals surface area (Å²) in [5.41, 5.74) is 0.387. The quantitative estimate of drug-likeness (QED) is 0.293. The third-order valence-corrected chi connectivity index (χ3v) is 8.95. The molecule has 0 saturated carbocycles. The number of nitrogens with zero attached hydrogens (tertiary/aromatic N) is 3. The van der Waals surface area contributed by atoms with Crippen molar-refractivity contribution in [1.29, 1.82) is 0 Å². The molecule has 0 aliphatic rings. The van der Waals surface area contributed by atoms with Gasteiger partial charge in [0, 0.05) is 7.11 Å². The van der Waals surface area contributed by atoms with Crippen LogP contribution < -0.4 is 0 Å². The average Bonchev–Trinajstić information content (AvgIpc) is 2.63. The Bertz CT molecular complexity index is 338. The van der Waals surface area contributed by atoms with E-state index in [1.165, 1.54) is 83.8 Å². The summed E-state index contributed by atoms with van der Waals surface area (Å²) in [6, 6.07) is 1.27. The fourth-order valence-electron chi connectivity index (χ4n) is 4.38. The summed E-state index contributed by atoms with van der Waals surface area (Å²) in [6.45, 7) is 18.9. The Labute approximate surface area is 179 Å². The number of rotatable bonds is 18. The molecule has 0 fully saturated rings. The van der Waals surface area contributed by atoms with Crippen LogP contribution in [-0.4, -0.2) is 90.5 Å². The second-order valence-corrected chi connectivity index (χ2v) is 14.1. The van der Waals surface area contributed by atoms with Crippen LogP contribution in [0.15, 0.2) is 0 Å². The van der Waals surface area contributed by atoms with E-state index in [0.29, 0.717) is 5.41 Å².